The Bertz CT molecular complexity index is 510. The molecular weight excluding hydrogens is 224 g/mol. The molecule has 2 aromatic rings. The number of aromatic nitrogens is 2. The van der Waals surface area contributed by atoms with E-state index in [1.54, 1.807) is 0 Å². The predicted octanol–water partition coefficient (Wildman–Crippen LogP) is 3.43. The smallest absolute Gasteiger partial charge is 0.132 e. The third kappa shape index (κ3) is 2.92. The molecule has 2 rings (SSSR count). The lowest BCUT2D eigenvalue weighted by atomic mass is 10.0. The summed E-state index contributed by atoms with van der Waals surface area (Å²) in [7, 11) is 1.94. The fraction of sp³-hybridized carbons (Fsp3) is 0.400. The number of hydrogen-bond donors (Lipinski definition) is 0. The molecule has 18 heavy (non-hydrogen) atoms. The van der Waals surface area contributed by atoms with Crippen molar-refractivity contribution in [2.24, 2.45) is 7.05 Å². The van der Waals surface area contributed by atoms with E-state index in [9.17, 15) is 0 Å². The quantitative estimate of drug-likeness (QED) is 0.824. The molecule has 0 aliphatic rings. The second kappa shape index (κ2) is 5.25. The molecule has 0 fully saturated rings. The van der Waals surface area contributed by atoms with Gasteiger partial charge in [-0.3, -0.25) is 4.68 Å². The van der Waals surface area contributed by atoms with Gasteiger partial charge in [0.25, 0.3) is 0 Å². The first-order chi connectivity index (χ1) is 8.56. The van der Waals surface area contributed by atoms with Crippen molar-refractivity contribution in [3.8, 4) is 5.75 Å². The topological polar surface area (TPSA) is 27.1 Å². The molecule has 0 aliphatic heterocycles. The molecule has 0 amide bonds. The minimum atomic E-state index is 0.517. The second-order valence-corrected chi connectivity index (χ2v) is 4.92. The van der Waals surface area contributed by atoms with Crippen molar-refractivity contribution in [1.82, 2.24) is 9.78 Å². The Labute approximate surface area is 108 Å². The molecule has 1 aromatic carbocycles. The lowest BCUT2D eigenvalue weighted by Gasteiger charge is -2.08. The van der Waals surface area contributed by atoms with Gasteiger partial charge in [0.05, 0.1) is 0 Å². The molecule has 0 N–H and O–H groups in total. The highest BCUT2D eigenvalue weighted by Gasteiger charge is 2.04. The van der Waals surface area contributed by atoms with Crippen LogP contribution in [0.1, 0.15) is 36.7 Å². The van der Waals surface area contributed by atoms with Crippen LogP contribution in [0.5, 0.6) is 5.75 Å². The van der Waals surface area contributed by atoms with Crippen molar-refractivity contribution in [2.45, 2.75) is 33.3 Å². The molecular formula is C15H20N2O. The van der Waals surface area contributed by atoms with E-state index in [1.807, 2.05) is 36.9 Å². The lowest BCUT2D eigenvalue weighted by Crippen LogP contribution is -1.99. The maximum absolute atomic E-state index is 5.78. The Hall–Kier alpha value is -1.77. The molecule has 0 spiro atoms. The van der Waals surface area contributed by atoms with E-state index in [0.717, 1.165) is 17.1 Å². The Balaban J connectivity index is 2.03. The van der Waals surface area contributed by atoms with Crippen LogP contribution in [-0.2, 0) is 13.7 Å². The maximum Gasteiger partial charge on any atom is 0.132 e. The zero-order valence-electron chi connectivity index (χ0n) is 11.5. The van der Waals surface area contributed by atoms with Crippen molar-refractivity contribution in [3.05, 3.63) is 47.3 Å². The van der Waals surface area contributed by atoms with Crippen LogP contribution in [0.25, 0.3) is 0 Å². The van der Waals surface area contributed by atoms with Crippen LogP contribution in [0.15, 0.2) is 30.3 Å². The van der Waals surface area contributed by atoms with Gasteiger partial charge in [0.15, 0.2) is 0 Å². The number of ether oxygens (including phenoxy) is 1. The standard InChI is InChI=1S/C15H20N2O/c1-11(2)13-6-5-7-15(9-13)18-10-14-8-12(3)17(4)16-14/h5-9,11H,10H2,1-4H3. The summed E-state index contributed by atoms with van der Waals surface area (Å²) in [6.45, 7) is 6.92. The average molecular weight is 244 g/mol. The number of hydrogen-bond acceptors (Lipinski definition) is 2. The van der Waals surface area contributed by atoms with Crippen LogP contribution in [0, 0.1) is 6.92 Å². The number of rotatable bonds is 4. The van der Waals surface area contributed by atoms with Crippen molar-refractivity contribution in [3.63, 3.8) is 0 Å². The third-order valence-electron chi connectivity index (χ3n) is 3.08. The fourth-order valence-corrected chi connectivity index (χ4v) is 1.83. The van der Waals surface area contributed by atoms with E-state index in [4.69, 9.17) is 4.74 Å². The SMILES string of the molecule is Cc1cc(COc2cccc(C(C)C)c2)nn1C. The summed E-state index contributed by atoms with van der Waals surface area (Å²) in [5.74, 6) is 1.43. The number of aryl methyl sites for hydroxylation is 2. The van der Waals surface area contributed by atoms with Crippen LogP contribution < -0.4 is 4.74 Å². The summed E-state index contributed by atoms with van der Waals surface area (Å²) in [6, 6.07) is 10.3. The van der Waals surface area contributed by atoms with Gasteiger partial charge in [0.1, 0.15) is 18.1 Å². The highest BCUT2D eigenvalue weighted by molar-refractivity contribution is 5.30. The molecule has 1 heterocycles. The van der Waals surface area contributed by atoms with Crippen LogP contribution in [0.3, 0.4) is 0 Å². The zero-order valence-corrected chi connectivity index (χ0v) is 11.5. The Kier molecular flexibility index (Phi) is 3.70. The summed E-state index contributed by atoms with van der Waals surface area (Å²) < 4.78 is 7.64. The summed E-state index contributed by atoms with van der Waals surface area (Å²) in [5, 5.41) is 4.37. The van der Waals surface area contributed by atoms with Crippen molar-refractivity contribution < 1.29 is 4.74 Å². The highest BCUT2D eigenvalue weighted by Crippen LogP contribution is 2.20. The van der Waals surface area contributed by atoms with E-state index >= 15 is 0 Å². The van der Waals surface area contributed by atoms with Crippen molar-refractivity contribution in [1.29, 1.82) is 0 Å². The van der Waals surface area contributed by atoms with Gasteiger partial charge in [-0.15, -0.1) is 0 Å². The van der Waals surface area contributed by atoms with Crippen molar-refractivity contribution in [2.75, 3.05) is 0 Å². The minimum absolute atomic E-state index is 0.517. The summed E-state index contributed by atoms with van der Waals surface area (Å²) in [6.07, 6.45) is 0. The highest BCUT2D eigenvalue weighted by atomic mass is 16.5. The Morgan fingerprint density at radius 3 is 2.67 bits per heavy atom. The molecule has 0 radical (unpaired) electrons. The first kappa shape index (κ1) is 12.7. The number of nitrogens with zero attached hydrogens (tertiary/aromatic N) is 2. The first-order valence-electron chi connectivity index (χ1n) is 6.28. The number of benzene rings is 1. The minimum Gasteiger partial charge on any atom is -0.487 e. The van der Waals surface area contributed by atoms with E-state index in [2.05, 4.69) is 31.1 Å². The average Bonchev–Trinajstić information content (AvgIpc) is 2.67. The lowest BCUT2D eigenvalue weighted by molar-refractivity contribution is 0.299. The van der Waals surface area contributed by atoms with Gasteiger partial charge >= 0.3 is 0 Å². The predicted molar refractivity (Wildman–Crippen MR) is 72.8 cm³/mol. The Morgan fingerprint density at radius 1 is 1.28 bits per heavy atom. The van der Waals surface area contributed by atoms with Gasteiger partial charge in [-0.25, -0.2) is 0 Å². The maximum atomic E-state index is 5.78. The van der Waals surface area contributed by atoms with Gasteiger partial charge in [0.2, 0.25) is 0 Å². The van der Waals surface area contributed by atoms with Crippen LogP contribution in [-0.4, -0.2) is 9.78 Å². The third-order valence-corrected chi connectivity index (χ3v) is 3.08. The zero-order chi connectivity index (χ0) is 13.1. The normalized spacial score (nSPS) is 10.9. The molecule has 0 unspecified atom stereocenters. The van der Waals surface area contributed by atoms with E-state index < -0.39 is 0 Å². The van der Waals surface area contributed by atoms with Crippen LogP contribution >= 0.6 is 0 Å². The molecule has 0 bridgehead atoms. The largest absolute Gasteiger partial charge is 0.487 e. The molecule has 96 valence electrons. The van der Waals surface area contributed by atoms with Crippen LogP contribution in [0.2, 0.25) is 0 Å². The first-order valence-corrected chi connectivity index (χ1v) is 6.28. The fourth-order valence-electron chi connectivity index (χ4n) is 1.83. The Morgan fingerprint density at radius 2 is 2.06 bits per heavy atom. The van der Waals surface area contributed by atoms with Gasteiger partial charge in [0, 0.05) is 12.7 Å². The summed E-state index contributed by atoms with van der Waals surface area (Å²) in [5.41, 5.74) is 3.40. The van der Waals surface area contributed by atoms with Gasteiger partial charge in [-0.1, -0.05) is 26.0 Å². The molecule has 3 nitrogen and oxygen atoms in total. The monoisotopic (exact) mass is 244 g/mol. The summed E-state index contributed by atoms with van der Waals surface area (Å²) in [4.78, 5) is 0. The van der Waals surface area contributed by atoms with Gasteiger partial charge in [-0.05, 0) is 36.6 Å². The van der Waals surface area contributed by atoms with E-state index in [0.29, 0.717) is 12.5 Å². The second-order valence-electron chi connectivity index (χ2n) is 4.92. The molecule has 0 atom stereocenters. The summed E-state index contributed by atoms with van der Waals surface area (Å²) >= 11 is 0. The molecule has 0 aliphatic carbocycles. The van der Waals surface area contributed by atoms with Crippen LogP contribution in [0.4, 0.5) is 0 Å². The van der Waals surface area contributed by atoms with E-state index in [-0.39, 0.29) is 0 Å². The van der Waals surface area contributed by atoms with Crippen molar-refractivity contribution >= 4 is 0 Å². The van der Waals surface area contributed by atoms with E-state index in [1.165, 1.54) is 5.56 Å². The molecule has 3 heteroatoms. The van der Waals surface area contributed by atoms with Gasteiger partial charge in [-0.2, -0.15) is 5.10 Å². The van der Waals surface area contributed by atoms with Gasteiger partial charge < -0.3 is 4.74 Å². The molecule has 0 saturated heterocycles. The molecule has 0 saturated carbocycles. The molecule has 1 aromatic heterocycles.